The fourth-order valence-corrected chi connectivity index (χ4v) is 1.00. The van der Waals surface area contributed by atoms with Crippen LogP contribution >= 0.6 is 11.6 Å². The summed E-state index contributed by atoms with van der Waals surface area (Å²) in [7, 11) is 0. The number of aromatic nitrogens is 1. The van der Waals surface area contributed by atoms with Crippen LogP contribution in [0, 0.1) is 0 Å². The summed E-state index contributed by atoms with van der Waals surface area (Å²) < 4.78 is 0. The lowest BCUT2D eigenvalue weighted by Gasteiger charge is -2.03. The van der Waals surface area contributed by atoms with E-state index >= 15 is 0 Å². The Morgan fingerprint density at radius 1 is 1.75 bits per heavy atom. The number of carbonyl (C=O) groups excluding carboxylic acids is 1. The fraction of sp³-hybridized carbons (Fsp3) is 0.250. The maximum atomic E-state index is 10.6. The van der Waals surface area contributed by atoms with Gasteiger partial charge >= 0.3 is 0 Å². The highest BCUT2D eigenvalue weighted by molar-refractivity contribution is 6.30. The third-order valence-electron chi connectivity index (χ3n) is 1.45. The quantitative estimate of drug-likeness (QED) is 0.704. The van der Waals surface area contributed by atoms with E-state index in [-0.39, 0.29) is 0 Å². The van der Waals surface area contributed by atoms with Crippen molar-refractivity contribution in [3.05, 3.63) is 30.1 Å². The van der Waals surface area contributed by atoms with E-state index in [9.17, 15) is 4.79 Å². The number of nitrogens with two attached hydrogens (primary N) is 1. The molecule has 64 valence electrons. The van der Waals surface area contributed by atoms with Gasteiger partial charge in [0.15, 0.2) is 0 Å². The van der Waals surface area contributed by atoms with Gasteiger partial charge in [-0.05, 0) is 18.1 Å². The van der Waals surface area contributed by atoms with Crippen molar-refractivity contribution in [2.45, 2.75) is 11.8 Å². The highest BCUT2D eigenvalue weighted by Crippen LogP contribution is 2.05. The Hall–Kier alpha value is -1.09. The average molecular weight is 185 g/mol. The Bertz CT molecular complexity index is 263. The molecule has 0 aromatic carbocycles. The van der Waals surface area contributed by atoms with Gasteiger partial charge in [-0.2, -0.15) is 0 Å². The van der Waals surface area contributed by atoms with Crippen LogP contribution in [0.3, 0.4) is 0 Å². The summed E-state index contributed by atoms with van der Waals surface area (Å²) in [5, 5.41) is -0.644. The molecule has 0 bridgehead atoms. The van der Waals surface area contributed by atoms with Gasteiger partial charge in [-0.25, -0.2) is 0 Å². The van der Waals surface area contributed by atoms with E-state index in [1.54, 1.807) is 18.5 Å². The molecular weight excluding hydrogens is 176 g/mol. The van der Waals surface area contributed by atoms with Gasteiger partial charge in [0.1, 0.15) is 5.38 Å². The molecule has 0 aliphatic carbocycles. The van der Waals surface area contributed by atoms with E-state index in [1.807, 2.05) is 6.07 Å². The first-order valence-electron chi connectivity index (χ1n) is 3.52. The second-order valence-corrected chi connectivity index (χ2v) is 2.96. The van der Waals surface area contributed by atoms with Crippen LogP contribution in [0.15, 0.2) is 24.5 Å². The second-order valence-electron chi connectivity index (χ2n) is 2.44. The summed E-state index contributed by atoms with van der Waals surface area (Å²) in [6.07, 6.45) is 3.76. The number of nitrogens with zero attached hydrogens (tertiary/aromatic N) is 1. The van der Waals surface area contributed by atoms with Gasteiger partial charge in [0.2, 0.25) is 5.91 Å². The maximum absolute atomic E-state index is 10.6. The Morgan fingerprint density at radius 3 is 3.00 bits per heavy atom. The first-order valence-corrected chi connectivity index (χ1v) is 3.96. The summed E-state index contributed by atoms with van der Waals surface area (Å²) in [6.45, 7) is 0. The van der Waals surface area contributed by atoms with Crippen LogP contribution < -0.4 is 5.73 Å². The SMILES string of the molecule is NC(=O)C(Cl)Cc1cccnc1. The van der Waals surface area contributed by atoms with Crippen molar-refractivity contribution >= 4 is 17.5 Å². The molecular formula is C8H9ClN2O. The highest BCUT2D eigenvalue weighted by atomic mass is 35.5. The van der Waals surface area contributed by atoms with Crippen molar-refractivity contribution in [3.63, 3.8) is 0 Å². The van der Waals surface area contributed by atoms with Crippen molar-refractivity contribution in [2.24, 2.45) is 5.73 Å². The average Bonchev–Trinajstić information content (AvgIpc) is 2.06. The third kappa shape index (κ3) is 2.51. The predicted molar refractivity (Wildman–Crippen MR) is 46.8 cm³/mol. The van der Waals surface area contributed by atoms with Gasteiger partial charge in [0.05, 0.1) is 0 Å². The molecule has 2 N–H and O–H groups in total. The minimum atomic E-state index is -0.644. The zero-order chi connectivity index (χ0) is 8.97. The molecule has 0 radical (unpaired) electrons. The van der Waals surface area contributed by atoms with Gasteiger partial charge in [0, 0.05) is 12.4 Å². The minimum absolute atomic E-state index is 0.435. The van der Waals surface area contributed by atoms with Crippen LogP contribution in [0.1, 0.15) is 5.56 Å². The van der Waals surface area contributed by atoms with Crippen molar-refractivity contribution in [1.29, 1.82) is 0 Å². The van der Waals surface area contributed by atoms with Crippen LogP contribution in [0.5, 0.6) is 0 Å². The largest absolute Gasteiger partial charge is 0.368 e. The predicted octanol–water partition coefficient (Wildman–Crippen LogP) is 0.717. The Balaban J connectivity index is 2.58. The van der Waals surface area contributed by atoms with Crippen molar-refractivity contribution in [2.75, 3.05) is 0 Å². The maximum Gasteiger partial charge on any atom is 0.235 e. The van der Waals surface area contributed by atoms with Crippen LogP contribution in [0.2, 0.25) is 0 Å². The smallest absolute Gasteiger partial charge is 0.235 e. The van der Waals surface area contributed by atoms with Crippen molar-refractivity contribution in [3.8, 4) is 0 Å². The normalized spacial score (nSPS) is 12.4. The number of primary amides is 1. The van der Waals surface area contributed by atoms with Crippen LogP contribution in [-0.4, -0.2) is 16.3 Å². The molecule has 1 rings (SSSR count). The van der Waals surface area contributed by atoms with E-state index in [4.69, 9.17) is 17.3 Å². The second kappa shape index (κ2) is 4.07. The molecule has 3 nitrogen and oxygen atoms in total. The van der Waals surface area contributed by atoms with E-state index in [1.165, 1.54) is 0 Å². The summed E-state index contributed by atoms with van der Waals surface area (Å²) in [5.41, 5.74) is 5.91. The zero-order valence-corrected chi connectivity index (χ0v) is 7.16. The Labute approximate surface area is 75.6 Å². The van der Waals surface area contributed by atoms with Gasteiger partial charge < -0.3 is 5.73 Å². The molecule has 12 heavy (non-hydrogen) atoms. The summed E-state index contributed by atoms with van der Waals surface area (Å²) in [5.74, 6) is -0.500. The Morgan fingerprint density at radius 2 is 2.50 bits per heavy atom. The van der Waals surface area contributed by atoms with Crippen LogP contribution in [0.4, 0.5) is 0 Å². The molecule has 4 heteroatoms. The van der Waals surface area contributed by atoms with Crippen LogP contribution in [0.25, 0.3) is 0 Å². The third-order valence-corrected chi connectivity index (χ3v) is 1.82. The molecule has 1 heterocycles. The number of pyridine rings is 1. The molecule has 0 spiro atoms. The first-order chi connectivity index (χ1) is 5.70. The van der Waals surface area contributed by atoms with E-state index in [2.05, 4.69) is 4.98 Å². The zero-order valence-electron chi connectivity index (χ0n) is 6.40. The molecule has 1 amide bonds. The van der Waals surface area contributed by atoms with Gasteiger partial charge in [0.25, 0.3) is 0 Å². The lowest BCUT2D eigenvalue weighted by atomic mass is 10.1. The Kier molecular flexibility index (Phi) is 3.05. The lowest BCUT2D eigenvalue weighted by molar-refractivity contribution is -0.117. The standard InChI is InChI=1S/C8H9ClN2O/c9-7(8(10)12)4-6-2-1-3-11-5-6/h1-3,5,7H,4H2,(H2,10,12). The molecule has 0 aliphatic rings. The molecule has 1 unspecified atom stereocenters. The highest BCUT2D eigenvalue weighted by Gasteiger charge is 2.11. The van der Waals surface area contributed by atoms with E-state index < -0.39 is 11.3 Å². The lowest BCUT2D eigenvalue weighted by Crippen LogP contribution is -2.25. The number of alkyl halides is 1. The first kappa shape index (κ1) is 9.00. The summed E-state index contributed by atoms with van der Waals surface area (Å²) >= 11 is 5.65. The monoisotopic (exact) mass is 184 g/mol. The molecule has 0 aliphatic heterocycles. The molecule has 1 aromatic rings. The van der Waals surface area contributed by atoms with Crippen LogP contribution in [-0.2, 0) is 11.2 Å². The van der Waals surface area contributed by atoms with Gasteiger partial charge in [-0.15, -0.1) is 11.6 Å². The number of carbonyl (C=O) groups is 1. The molecule has 0 saturated heterocycles. The van der Waals surface area contributed by atoms with Crippen molar-refractivity contribution < 1.29 is 4.79 Å². The number of halogens is 1. The summed E-state index contributed by atoms with van der Waals surface area (Å²) in [4.78, 5) is 14.5. The number of amides is 1. The number of hydrogen-bond acceptors (Lipinski definition) is 2. The van der Waals surface area contributed by atoms with Crippen molar-refractivity contribution in [1.82, 2.24) is 4.98 Å². The topological polar surface area (TPSA) is 56.0 Å². The summed E-state index contributed by atoms with van der Waals surface area (Å²) in [6, 6.07) is 3.64. The molecule has 1 atom stereocenters. The molecule has 0 fully saturated rings. The number of rotatable bonds is 3. The molecule has 1 aromatic heterocycles. The molecule has 0 saturated carbocycles. The van der Waals surface area contributed by atoms with E-state index in [0.717, 1.165) is 5.56 Å². The van der Waals surface area contributed by atoms with E-state index in [0.29, 0.717) is 6.42 Å². The van der Waals surface area contributed by atoms with Gasteiger partial charge in [-0.3, -0.25) is 9.78 Å². The number of hydrogen-bond donors (Lipinski definition) is 1. The fourth-order valence-electron chi connectivity index (χ4n) is 0.826. The van der Waals surface area contributed by atoms with Gasteiger partial charge in [-0.1, -0.05) is 6.07 Å². The minimum Gasteiger partial charge on any atom is -0.368 e.